The number of furan rings is 1. The summed E-state index contributed by atoms with van der Waals surface area (Å²) in [4.78, 5) is 0. The molecule has 2 aromatic rings. The maximum Gasteiger partial charge on any atom is 0.393 e. The van der Waals surface area contributed by atoms with Crippen molar-refractivity contribution < 1.29 is 17.6 Å². The van der Waals surface area contributed by atoms with Crippen molar-refractivity contribution in [3.05, 3.63) is 35.6 Å². The van der Waals surface area contributed by atoms with Gasteiger partial charge in [-0.05, 0) is 18.6 Å². The van der Waals surface area contributed by atoms with E-state index >= 15 is 0 Å². The number of hydrogen-bond donors (Lipinski definition) is 0. The Morgan fingerprint density at radius 1 is 1.27 bits per heavy atom. The number of alkyl halides is 3. The summed E-state index contributed by atoms with van der Waals surface area (Å²) in [5.41, 5.74) is 1.67. The Labute approximate surface area is 84.5 Å². The number of benzene rings is 1. The summed E-state index contributed by atoms with van der Waals surface area (Å²) >= 11 is 0. The van der Waals surface area contributed by atoms with Crippen LogP contribution in [0.25, 0.3) is 11.0 Å². The van der Waals surface area contributed by atoms with Gasteiger partial charge in [0.15, 0.2) is 0 Å². The van der Waals surface area contributed by atoms with E-state index in [2.05, 4.69) is 0 Å². The molecule has 1 nitrogen and oxygen atoms in total. The molecule has 0 saturated carbocycles. The molecule has 0 spiro atoms. The fraction of sp³-hybridized carbons (Fsp3) is 0.273. The Morgan fingerprint density at radius 3 is 2.67 bits per heavy atom. The highest BCUT2D eigenvalue weighted by Gasteiger charge is 2.29. The number of aryl methyl sites for hydroxylation is 1. The van der Waals surface area contributed by atoms with Gasteiger partial charge in [-0.1, -0.05) is 12.1 Å². The van der Waals surface area contributed by atoms with E-state index < -0.39 is 12.6 Å². The highest BCUT2D eigenvalue weighted by atomic mass is 19.4. The van der Waals surface area contributed by atoms with Crippen molar-refractivity contribution in [1.29, 1.82) is 0 Å². The average Bonchev–Trinajstić information content (AvgIpc) is 2.45. The zero-order chi connectivity index (χ0) is 11.1. The highest BCUT2D eigenvalue weighted by Crippen LogP contribution is 2.28. The number of hydrogen-bond acceptors (Lipinski definition) is 1. The minimum atomic E-state index is -4.19. The molecular weight excluding hydrogens is 205 g/mol. The van der Waals surface area contributed by atoms with Crippen LogP contribution in [0.4, 0.5) is 13.2 Å². The second-order valence-electron chi connectivity index (χ2n) is 3.55. The second kappa shape index (κ2) is 3.29. The third-order valence-electron chi connectivity index (χ3n) is 2.20. The van der Waals surface area contributed by atoms with Crippen molar-refractivity contribution in [3.63, 3.8) is 0 Å². The van der Waals surface area contributed by atoms with Gasteiger partial charge >= 0.3 is 6.18 Å². The summed E-state index contributed by atoms with van der Waals surface area (Å²) in [5, 5.41) is 0.540. The fourth-order valence-electron chi connectivity index (χ4n) is 1.54. The highest BCUT2D eigenvalue weighted by molar-refractivity contribution is 5.81. The van der Waals surface area contributed by atoms with Crippen molar-refractivity contribution in [2.45, 2.75) is 19.5 Å². The normalized spacial score (nSPS) is 12.3. The van der Waals surface area contributed by atoms with Gasteiger partial charge in [0.25, 0.3) is 0 Å². The molecule has 1 aromatic heterocycles. The van der Waals surface area contributed by atoms with Crippen LogP contribution < -0.4 is 0 Å². The maximum absolute atomic E-state index is 12.2. The smallest absolute Gasteiger partial charge is 0.393 e. The summed E-state index contributed by atoms with van der Waals surface area (Å²) in [7, 11) is 0. The van der Waals surface area contributed by atoms with E-state index in [-0.39, 0.29) is 5.56 Å². The molecular formula is C11H9F3O. The molecule has 0 N–H and O–H groups in total. The van der Waals surface area contributed by atoms with Gasteiger partial charge in [0.1, 0.15) is 5.58 Å². The molecule has 15 heavy (non-hydrogen) atoms. The van der Waals surface area contributed by atoms with Gasteiger partial charge in [0, 0.05) is 10.9 Å². The quantitative estimate of drug-likeness (QED) is 0.702. The third kappa shape index (κ3) is 2.14. The second-order valence-corrected chi connectivity index (χ2v) is 3.55. The molecule has 80 valence electrons. The Morgan fingerprint density at radius 2 is 2.00 bits per heavy atom. The monoisotopic (exact) mass is 214 g/mol. The molecule has 2 rings (SSSR count). The van der Waals surface area contributed by atoms with E-state index in [1.165, 1.54) is 6.26 Å². The van der Waals surface area contributed by atoms with Crippen molar-refractivity contribution >= 4 is 11.0 Å². The molecule has 0 atom stereocenters. The predicted octanol–water partition coefficient (Wildman–Crippen LogP) is 3.85. The Hall–Kier alpha value is -1.45. The summed E-state index contributed by atoms with van der Waals surface area (Å²) in [5.74, 6) is 0. The number of halogens is 3. The van der Waals surface area contributed by atoms with Gasteiger partial charge in [0.2, 0.25) is 0 Å². The Balaban J connectivity index is 2.45. The standard InChI is InChI=1S/C11H9F3O/c1-7-2-3-9-8(5-11(12,13)14)6-15-10(9)4-7/h2-4,6H,5H2,1H3. The van der Waals surface area contributed by atoms with Crippen LogP contribution in [0.3, 0.4) is 0 Å². The van der Waals surface area contributed by atoms with Crippen molar-refractivity contribution in [1.82, 2.24) is 0 Å². The predicted molar refractivity (Wildman–Crippen MR) is 50.7 cm³/mol. The van der Waals surface area contributed by atoms with E-state index in [1.54, 1.807) is 18.2 Å². The number of fused-ring (bicyclic) bond motifs is 1. The lowest BCUT2D eigenvalue weighted by molar-refractivity contribution is -0.127. The van der Waals surface area contributed by atoms with E-state index in [1.807, 2.05) is 6.92 Å². The molecule has 0 aliphatic carbocycles. The zero-order valence-corrected chi connectivity index (χ0v) is 8.06. The van der Waals surface area contributed by atoms with E-state index in [9.17, 15) is 13.2 Å². The minimum absolute atomic E-state index is 0.192. The van der Waals surface area contributed by atoms with Crippen LogP contribution in [0.2, 0.25) is 0 Å². The molecule has 0 aliphatic rings. The van der Waals surface area contributed by atoms with Crippen LogP contribution in [0, 0.1) is 6.92 Å². The lowest BCUT2D eigenvalue weighted by Gasteiger charge is -2.03. The van der Waals surface area contributed by atoms with Crippen LogP contribution in [0.15, 0.2) is 28.9 Å². The van der Waals surface area contributed by atoms with Crippen molar-refractivity contribution in [3.8, 4) is 0 Å². The van der Waals surface area contributed by atoms with Gasteiger partial charge in [-0.2, -0.15) is 13.2 Å². The molecule has 0 aliphatic heterocycles. The van der Waals surface area contributed by atoms with Crippen LogP contribution in [-0.2, 0) is 6.42 Å². The van der Waals surface area contributed by atoms with Gasteiger partial charge in [-0.25, -0.2) is 0 Å². The lowest BCUT2D eigenvalue weighted by atomic mass is 10.1. The van der Waals surface area contributed by atoms with Crippen molar-refractivity contribution in [2.24, 2.45) is 0 Å². The molecule has 0 saturated heterocycles. The topological polar surface area (TPSA) is 13.1 Å². The average molecular weight is 214 g/mol. The summed E-state index contributed by atoms with van der Waals surface area (Å²) < 4.78 is 41.6. The molecule has 0 bridgehead atoms. The molecule has 4 heteroatoms. The summed E-state index contributed by atoms with van der Waals surface area (Å²) in [6.45, 7) is 1.87. The largest absolute Gasteiger partial charge is 0.464 e. The molecule has 0 radical (unpaired) electrons. The van der Waals surface area contributed by atoms with Gasteiger partial charge in [0.05, 0.1) is 12.7 Å². The SMILES string of the molecule is Cc1ccc2c(CC(F)(F)F)coc2c1. The lowest BCUT2D eigenvalue weighted by Crippen LogP contribution is -2.10. The van der Waals surface area contributed by atoms with Crippen molar-refractivity contribution in [2.75, 3.05) is 0 Å². The Bertz CT molecular complexity index is 482. The third-order valence-corrected chi connectivity index (χ3v) is 2.20. The molecule has 1 heterocycles. The minimum Gasteiger partial charge on any atom is -0.464 e. The first-order valence-electron chi connectivity index (χ1n) is 4.49. The zero-order valence-electron chi connectivity index (χ0n) is 8.06. The summed E-state index contributed by atoms with van der Waals surface area (Å²) in [6.07, 6.45) is -3.96. The van der Waals surface area contributed by atoms with Crippen LogP contribution in [0.1, 0.15) is 11.1 Å². The number of rotatable bonds is 1. The van der Waals surface area contributed by atoms with Gasteiger partial charge in [-0.15, -0.1) is 0 Å². The van der Waals surface area contributed by atoms with Gasteiger partial charge < -0.3 is 4.42 Å². The van der Waals surface area contributed by atoms with Crippen LogP contribution >= 0.6 is 0 Å². The molecule has 0 unspecified atom stereocenters. The summed E-state index contributed by atoms with van der Waals surface area (Å²) in [6, 6.07) is 5.17. The first-order valence-corrected chi connectivity index (χ1v) is 4.49. The van der Waals surface area contributed by atoms with E-state index in [0.717, 1.165) is 5.56 Å². The Kier molecular flexibility index (Phi) is 2.21. The first-order chi connectivity index (χ1) is 6.96. The maximum atomic E-state index is 12.2. The van der Waals surface area contributed by atoms with E-state index in [0.29, 0.717) is 11.0 Å². The van der Waals surface area contributed by atoms with Crippen LogP contribution in [-0.4, -0.2) is 6.18 Å². The molecule has 1 aromatic carbocycles. The fourth-order valence-corrected chi connectivity index (χ4v) is 1.54. The molecule has 0 fully saturated rings. The van der Waals surface area contributed by atoms with Gasteiger partial charge in [-0.3, -0.25) is 0 Å². The first kappa shape index (κ1) is 10.1. The van der Waals surface area contributed by atoms with Crippen LogP contribution in [0.5, 0.6) is 0 Å². The molecule has 0 amide bonds. The van der Waals surface area contributed by atoms with E-state index in [4.69, 9.17) is 4.42 Å².